The Kier molecular flexibility index (Phi) is 3.68. The van der Waals surface area contributed by atoms with Gasteiger partial charge in [-0.2, -0.15) is 0 Å². The van der Waals surface area contributed by atoms with Crippen molar-refractivity contribution in [2.24, 2.45) is 11.7 Å². The molecule has 1 fully saturated rings. The molecule has 1 aliphatic carbocycles. The van der Waals surface area contributed by atoms with Crippen LogP contribution in [-0.4, -0.2) is 29.6 Å². The molecule has 0 spiro atoms. The molecular formula is C16H20N2O3. The van der Waals surface area contributed by atoms with Crippen LogP contribution in [-0.2, 0) is 11.2 Å². The highest BCUT2D eigenvalue weighted by atomic mass is 16.4. The van der Waals surface area contributed by atoms with Gasteiger partial charge in [-0.3, -0.25) is 4.79 Å². The monoisotopic (exact) mass is 288 g/mol. The number of rotatable bonds is 2. The van der Waals surface area contributed by atoms with E-state index < -0.39 is 5.97 Å². The number of benzene rings is 1. The maximum atomic E-state index is 12.7. The molecule has 1 amide bonds. The van der Waals surface area contributed by atoms with Gasteiger partial charge in [0, 0.05) is 24.2 Å². The van der Waals surface area contributed by atoms with E-state index in [9.17, 15) is 9.59 Å². The fourth-order valence-electron chi connectivity index (χ4n) is 3.33. The van der Waals surface area contributed by atoms with Crippen molar-refractivity contribution < 1.29 is 14.7 Å². The molecule has 3 N–H and O–H groups in total. The van der Waals surface area contributed by atoms with Gasteiger partial charge < -0.3 is 15.7 Å². The van der Waals surface area contributed by atoms with Crippen molar-refractivity contribution in [3.63, 3.8) is 0 Å². The SMILES string of the molecule is NC1CCC(C(=O)N2CCc3ccc(C(=O)O)cc32)CC1. The maximum absolute atomic E-state index is 12.7. The number of hydrogen-bond acceptors (Lipinski definition) is 3. The van der Waals surface area contributed by atoms with E-state index in [4.69, 9.17) is 10.8 Å². The molecule has 0 unspecified atom stereocenters. The Bertz CT molecular complexity index is 577. The summed E-state index contributed by atoms with van der Waals surface area (Å²) in [6, 6.07) is 5.27. The van der Waals surface area contributed by atoms with Gasteiger partial charge in [-0.25, -0.2) is 4.79 Å². The lowest BCUT2D eigenvalue weighted by Gasteiger charge is -2.29. The molecule has 1 saturated carbocycles. The zero-order chi connectivity index (χ0) is 15.0. The van der Waals surface area contributed by atoms with Crippen LogP contribution in [0.3, 0.4) is 0 Å². The molecule has 5 heteroatoms. The van der Waals surface area contributed by atoms with Gasteiger partial charge >= 0.3 is 5.97 Å². The Hall–Kier alpha value is -1.88. The van der Waals surface area contributed by atoms with Crippen LogP contribution in [0.2, 0.25) is 0 Å². The number of anilines is 1. The number of hydrogen-bond donors (Lipinski definition) is 2. The second kappa shape index (κ2) is 5.48. The smallest absolute Gasteiger partial charge is 0.335 e. The minimum absolute atomic E-state index is 0.0317. The molecule has 0 atom stereocenters. The Morgan fingerprint density at radius 1 is 1.19 bits per heavy atom. The Labute approximate surface area is 123 Å². The highest BCUT2D eigenvalue weighted by molar-refractivity contribution is 5.99. The fraction of sp³-hybridized carbons (Fsp3) is 0.500. The first-order valence-electron chi connectivity index (χ1n) is 7.49. The van der Waals surface area contributed by atoms with Crippen LogP contribution in [0.4, 0.5) is 5.69 Å². The molecule has 1 aromatic rings. The third kappa shape index (κ3) is 2.65. The molecule has 0 saturated heterocycles. The summed E-state index contributed by atoms with van der Waals surface area (Å²) in [5.74, 6) is -0.798. The van der Waals surface area contributed by atoms with Crippen LogP contribution in [0.25, 0.3) is 0 Å². The standard InChI is InChI=1S/C16H20N2O3/c17-13-5-3-11(4-6-13)15(19)18-8-7-10-1-2-12(16(20)21)9-14(10)18/h1-2,9,11,13H,3-8,17H2,(H,20,21). The zero-order valence-corrected chi connectivity index (χ0v) is 11.9. The largest absolute Gasteiger partial charge is 0.478 e. The molecule has 21 heavy (non-hydrogen) atoms. The highest BCUT2D eigenvalue weighted by Gasteiger charge is 2.32. The molecule has 3 rings (SSSR count). The van der Waals surface area contributed by atoms with Crippen LogP contribution < -0.4 is 10.6 Å². The van der Waals surface area contributed by atoms with E-state index in [1.165, 1.54) is 0 Å². The van der Waals surface area contributed by atoms with Crippen molar-refractivity contribution >= 4 is 17.6 Å². The first-order valence-corrected chi connectivity index (χ1v) is 7.49. The van der Waals surface area contributed by atoms with Gasteiger partial charge in [0.25, 0.3) is 0 Å². The van der Waals surface area contributed by atoms with Gasteiger partial charge in [0.2, 0.25) is 5.91 Å². The molecule has 0 radical (unpaired) electrons. The number of nitrogens with zero attached hydrogens (tertiary/aromatic N) is 1. The maximum Gasteiger partial charge on any atom is 0.335 e. The molecule has 112 valence electrons. The summed E-state index contributed by atoms with van der Waals surface area (Å²) >= 11 is 0. The van der Waals surface area contributed by atoms with Crippen LogP contribution in [0.5, 0.6) is 0 Å². The third-order valence-corrected chi connectivity index (χ3v) is 4.61. The average molecular weight is 288 g/mol. The van der Waals surface area contributed by atoms with Crippen LogP contribution in [0.15, 0.2) is 18.2 Å². The predicted octanol–water partition coefficient (Wildman–Crippen LogP) is 1.79. The normalized spacial score (nSPS) is 24.7. The molecular weight excluding hydrogens is 268 g/mol. The molecule has 1 aliphatic heterocycles. The van der Waals surface area contributed by atoms with Crippen molar-refractivity contribution in [2.45, 2.75) is 38.1 Å². The third-order valence-electron chi connectivity index (χ3n) is 4.61. The van der Waals surface area contributed by atoms with Gasteiger partial charge in [0.1, 0.15) is 0 Å². The number of carbonyl (C=O) groups is 2. The molecule has 5 nitrogen and oxygen atoms in total. The van der Waals surface area contributed by atoms with E-state index in [0.717, 1.165) is 43.4 Å². The lowest BCUT2D eigenvalue weighted by Crippen LogP contribution is -2.38. The van der Waals surface area contributed by atoms with Gasteiger partial charge in [-0.1, -0.05) is 6.07 Å². The van der Waals surface area contributed by atoms with E-state index >= 15 is 0 Å². The highest BCUT2D eigenvalue weighted by Crippen LogP contribution is 2.33. The Morgan fingerprint density at radius 3 is 2.57 bits per heavy atom. The molecule has 0 bridgehead atoms. The Morgan fingerprint density at radius 2 is 1.90 bits per heavy atom. The second-order valence-electron chi connectivity index (χ2n) is 6.00. The number of amides is 1. The van der Waals surface area contributed by atoms with Gasteiger partial charge in [-0.15, -0.1) is 0 Å². The first-order chi connectivity index (χ1) is 10.1. The Balaban J connectivity index is 1.81. The molecule has 2 aliphatic rings. The van der Waals surface area contributed by atoms with E-state index in [-0.39, 0.29) is 23.4 Å². The van der Waals surface area contributed by atoms with Crippen LogP contribution >= 0.6 is 0 Å². The minimum Gasteiger partial charge on any atom is -0.478 e. The summed E-state index contributed by atoms with van der Waals surface area (Å²) in [6.07, 6.45) is 4.26. The number of carboxylic acids is 1. The van der Waals surface area contributed by atoms with Gasteiger partial charge in [-0.05, 0) is 49.8 Å². The van der Waals surface area contributed by atoms with Gasteiger partial charge in [0.15, 0.2) is 0 Å². The topological polar surface area (TPSA) is 83.6 Å². The van der Waals surface area contributed by atoms with Crippen molar-refractivity contribution in [1.29, 1.82) is 0 Å². The number of fused-ring (bicyclic) bond motifs is 1. The lowest BCUT2D eigenvalue weighted by atomic mass is 9.85. The lowest BCUT2D eigenvalue weighted by molar-refractivity contribution is -0.123. The van der Waals surface area contributed by atoms with Crippen molar-refractivity contribution in [1.82, 2.24) is 0 Å². The predicted molar refractivity (Wildman–Crippen MR) is 79.4 cm³/mol. The number of carboxylic acid groups (broad SMARTS) is 1. The van der Waals surface area contributed by atoms with E-state index in [1.807, 2.05) is 6.07 Å². The molecule has 0 aromatic heterocycles. The minimum atomic E-state index is -0.958. The average Bonchev–Trinajstić information content (AvgIpc) is 2.90. The zero-order valence-electron chi connectivity index (χ0n) is 11.9. The summed E-state index contributed by atoms with van der Waals surface area (Å²) < 4.78 is 0. The van der Waals surface area contributed by atoms with Crippen molar-refractivity contribution in [3.05, 3.63) is 29.3 Å². The summed E-state index contributed by atoms with van der Waals surface area (Å²) in [6.45, 7) is 0.653. The van der Waals surface area contributed by atoms with E-state index in [2.05, 4.69) is 0 Å². The quantitative estimate of drug-likeness (QED) is 0.869. The van der Waals surface area contributed by atoms with Crippen LogP contribution in [0, 0.1) is 5.92 Å². The second-order valence-corrected chi connectivity index (χ2v) is 6.00. The molecule has 1 aromatic carbocycles. The van der Waals surface area contributed by atoms with Crippen molar-refractivity contribution in [3.8, 4) is 0 Å². The summed E-state index contributed by atoms with van der Waals surface area (Å²) in [7, 11) is 0. The number of aromatic carboxylic acids is 1. The number of nitrogens with two attached hydrogens (primary N) is 1. The summed E-state index contributed by atoms with van der Waals surface area (Å²) in [5, 5.41) is 9.10. The molecule has 1 heterocycles. The van der Waals surface area contributed by atoms with Crippen molar-refractivity contribution in [2.75, 3.05) is 11.4 Å². The first kappa shape index (κ1) is 14.1. The van der Waals surface area contributed by atoms with E-state index in [1.54, 1.807) is 17.0 Å². The van der Waals surface area contributed by atoms with Gasteiger partial charge in [0.05, 0.1) is 5.56 Å². The summed E-state index contributed by atoms with van der Waals surface area (Å²) in [5.41, 5.74) is 7.95. The fourth-order valence-corrected chi connectivity index (χ4v) is 3.33. The summed E-state index contributed by atoms with van der Waals surface area (Å²) in [4.78, 5) is 25.6. The number of carbonyl (C=O) groups excluding carboxylic acids is 1. The van der Waals surface area contributed by atoms with E-state index in [0.29, 0.717) is 6.54 Å². The van der Waals surface area contributed by atoms with Crippen LogP contribution in [0.1, 0.15) is 41.6 Å².